The van der Waals surface area contributed by atoms with Crippen LogP contribution in [-0.4, -0.2) is 24.9 Å². The van der Waals surface area contributed by atoms with Crippen molar-refractivity contribution in [3.8, 4) is 22.6 Å². The van der Waals surface area contributed by atoms with Crippen LogP contribution in [0.2, 0.25) is 0 Å². The van der Waals surface area contributed by atoms with E-state index in [4.69, 9.17) is 9.47 Å². The van der Waals surface area contributed by atoms with E-state index in [0.29, 0.717) is 0 Å². The van der Waals surface area contributed by atoms with Crippen LogP contribution >= 0.6 is 0 Å². The molecule has 22 heavy (non-hydrogen) atoms. The Hall–Kier alpha value is -2.82. The number of carbonyl (C=O) groups excluding carboxylic acids is 1. The zero-order valence-electron chi connectivity index (χ0n) is 12.3. The molecule has 0 fully saturated rings. The van der Waals surface area contributed by atoms with E-state index in [1.165, 1.54) is 13.2 Å². The predicted octanol–water partition coefficient (Wildman–Crippen LogP) is 3.05. The largest absolute Gasteiger partial charge is 0.466 e. The highest BCUT2D eigenvalue weighted by Gasteiger charge is 2.14. The Balaban J connectivity index is 1.94. The molecule has 1 aromatic carbocycles. The second-order valence-electron chi connectivity index (χ2n) is 4.88. The average Bonchev–Trinajstić information content (AvgIpc) is 3.02. The van der Waals surface area contributed by atoms with E-state index >= 15 is 0 Å². The molecule has 0 radical (unpaired) electrons. The molecule has 5 heteroatoms. The summed E-state index contributed by atoms with van der Waals surface area (Å²) < 4.78 is 15.3. The number of fused-ring (bicyclic) bond motifs is 1. The molecule has 1 aromatic heterocycles. The SMILES string of the molecule is COC(=O)/C=C(\C)c1cncc(-c2ccc3c(c2)OCO3)c1. The quantitative estimate of drug-likeness (QED) is 0.643. The Bertz CT molecular complexity index is 752. The molecule has 0 saturated carbocycles. The van der Waals surface area contributed by atoms with Crippen molar-refractivity contribution in [2.24, 2.45) is 0 Å². The Labute approximate surface area is 128 Å². The minimum Gasteiger partial charge on any atom is -0.466 e. The molecule has 0 saturated heterocycles. The molecule has 0 unspecified atom stereocenters. The highest BCUT2D eigenvalue weighted by molar-refractivity contribution is 5.91. The summed E-state index contributed by atoms with van der Waals surface area (Å²) >= 11 is 0. The molecular weight excluding hydrogens is 282 g/mol. The van der Waals surface area contributed by atoms with Crippen molar-refractivity contribution in [1.29, 1.82) is 0 Å². The van der Waals surface area contributed by atoms with E-state index in [-0.39, 0.29) is 12.8 Å². The monoisotopic (exact) mass is 297 g/mol. The van der Waals surface area contributed by atoms with Crippen LogP contribution in [0.15, 0.2) is 42.7 Å². The zero-order valence-corrected chi connectivity index (χ0v) is 12.3. The van der Waals surface area contributed by atoms with E-state index in [2.05, 4.69) is 9.72 Å². The van der Waals surface area contributed by atoms with Crippen molar-refractivity contribution in [2.75, 3.05) is 13.9 Å². The maximum absolute atomic E-state index is 11.3. The number of hydrogen-bond acceptors (Lipinski definition) is 5. The molecule has 0 spiro atoms. The number of carbonyl (C=O) groups is 1. The number of allylic oxidation sites excluding steroid dienone is 1. The fraction of sp³-hybridized carbons (Fsp3) is 0.176. The zero-order chi connectivity index (χ0) is 15.5. The fourth-order valence-corrected chi connectivity index (χ4v) is 2.21. The van der Waals surface area contributed by atoms with E-state index < -0.39 is 0 Å². The maximum atomic E-state index is 11.3. The number of aromatic nitrogens is 1. The van der Waals surface area contributed by atoms with Crippen LogP contribution in [0.25, 0.3) is 16.7 Å². The highest BCUT2D eigenvalue weighted by Crippen LogP contribution is 2.36. The van der Waals surface area contributed by atoms with Gasteiger partial charge in [0.2, 0.25) is 6.79 Å². The molecule has 3 rings (SSSR count). The molecule has 0 amide bonds. The van der Waals surface area contributed by atoms with Gasteiger partial charge in [0, 0.05) is 24.0 Å². The smallest absolute Gasteiger partial charge is 0.330 e. The lowest BCUT2D eigenvalue weighted by Crippen LogP contribution is -1.96. The van der Waals surface area contributed by atoms with Gasteiger partial charge in [-0.15, -0.1) is 0 Å². The minimum atomic E-state index is -0.383. The van der Waals surface area contributed by atoms with E-state index in [1.54, 1.807) is 12.4 Å². The van der Waals surface area contributed by atoms with Crippen molar-refractivity contribution in [3.05, 3.63) is 48.3 Å². The molecule has 0 aliphatic carbocycles. The van der Waals surface area contributed by atoms with Gasteiger partial charge in [0.25, 0.3) is 0 Å². The fourth-order valence-electron chi connectivity index (χ4n) is 2.21. The number of pyridine rings is 1. The highest BCUT2D eigenvalue weighted by atomic mass is 16.7. The van der Waals surface area contributed by atoms with E-state index in [0.717, 1.165) is 33.8 Å². The third-order valence-corrected chi connectivity index (χ3v) is 3.44. The standard InChI is InChI=1S/C17H15NO4/c1-11(5-17(19)20-2)13-6-14(9-18-8-13)12-3-4-15-16(7-12)22-10-21-15/h3-9H,10H2,1-2H3/b11-5+. The topological polar surface area (TPSA) is 57.7 Å². The first kappa shape index (κ1) is 14.1. The van der Waals surface area contributed by atoms with Gasteiger partial charge in [0.05, 0.1) is 7.11 Å². The summed E-state index contributed by atoms with van der Waals surface area (Å²) in [4.78, 5) is 15.6. The van der Waals surface area contributed by atoms with Crippen molar-refractivity contribution < 1.29 is 19.0 Å². The molecule has 5 nitrogen and oxygen atoms in total. The molecule has 112 valence electrons. The molecule has 2 heterocycles. The van der Waals surface area contributed by atoms with Gasteiger partial charge in [0.1, 0.15) is 0 Å². The predicted molar refractivity (Wildman–Crippen MR) is 81.5 cm³/mol. The molecule has 0 N–H and O–H groups in total. The normalized spacial score (nSPS) is 13.1. The first-order chi connectivity index (χ1) is 10.7. The van der Waals surface area contributed by atoms with Crippen LogP contribution < -0.4 is 9.47 Å². The van der Waals surface area contributed by atoms with Gasteiger partial charge in [-0.2, -0.15) is 0 Å². The second kappa shape index (κ2) is 5.89. The lowest BCUT2D eigenvalue weighted by atomic mass is 10.0. The molecule has 1 aliphatic rings. The maximum Gasteiger partial charge on any atom is 0.330 e. The summed E-state index contributed by atoms with van der Waals surface area (Å²) in [6.45, 7) is 2.09. The lowest BCUT2D eigenvalue weighted by molar-refractivity contribution is -0.134. The Morgan fingerprint density at radius 1 is 1.18 bits per heavy atom. The lowest BCUT2D eigenvalue weighted by Gasteiger charge is -2.06. The number of nitrogens with zero attached hydrogens (tertiary/aromatic N) is 1. The molecule has 0 atom stereocenters. The van der Waals surface area contributed by atoms with Gasteiger partial charge in [-0.05, 0) is 41.8 Å². The molecular formula is C17H15NO4. The third-order valence-electron chi connectivity index (χ3n) is 3.44. The van der Waals surface area contributed by atoms with Gasteiger partial charge in [-0.25, -0.2) is 4.79 Å². The van der Waals surface area contributed by atoms with Gasteiger partial charge >= 0.3 is 5.97 Å². The summed E-state index contributed by atoms with van der Waals surface area (Å²) in [5.74, 6) is 1.09. The number of methoxy groups -OCH3 is 1. The number of esters is 1. The van der Waals surface area contributed by atoms with E-state index in [1.807, 2.05) is 31.2 Å². The third kappa shape index (κ3) is 2.79. The van der Waals surface area contributed by atoms with Crippen LogP contribution in [-0.2, 0) is 9.53 Å². The summed E-state index contributed by atoms with van der Waals surface area (Å²) in [5, 5.41) is 0. The summed E-state index contributed by atoms with van der Waals surface area (Å²) in [7, 11) is 1.35. The Morgan fingerprint density at radius 3 is 2.82 bits per heavy atom. The average molecular weight is 297 g/mol. The number of hydrogen-bond donors (Lipinski definition) is 0. The summed E-state index contributed by atoms with van der Waals surface area (Å²) in [6, 6.07) is 7.72. The van der Waals surface area contributed by atoms with Crippen molar-refractivity contribution in [2.45, 2.75) is 6.92 Å². The first-order valence-electron chi connectivity index (χ1n) is 6.79. The number of ether oxygens (including phenoxy) is 3. The number of benzene rings is 1. The van der Waals surface area contributed by atoms with Gasteiger partial charge in [-0.3, -0.25) is 4.98 Å². The van der Waals surface area contributed by atoms with Crippen LogP contribution in [0.1, 0.15) is 12.5 Å². The van der Waals surface area contributed by atoms with Crippen molar-refractivity contribution in [3.63, 3.8) is 0 Å². The van der Waals surface area contributed by atoms with Gasteiger partial charge in [0.15, 0.2) is 11.5 Å². The van der Waals surface area contributed by atoms with Crippen LogP contribution in [0, 0.1) is 0 Å². The minimum absolute atomic E-state index is 0.248. The van der Waals surface area contributed by atoms with Gasteiger partial charge < -0.3 is 14.2 Å². The first-order valence-corrected chi connectivity index (χ1v) is 6.79. The van der Waals surface area contributed by atoms with E-state index in [9.17, 15) is 4.79 Å². The molecule has 0 bridgehead atoms. The summed E-state index contributed by atoms with van der Waals surface area (Å²) in [5.41, 5.74) is 3.57. The van der Waals surface area contributed by atoms with Crippen LogP contribution in [0.5, 0.6) is 11.5 Å². The van der Waals surface area contributed by atoms with Crippen molar-refractivity contribution in [1.82, 2.24) is 4.98 Å². The van der Waals surface area contributed by atoms with Crippen molar-refractivity contribution >= 4 is 11.5 Å². The van der Waals surface area contributed by atoms with Gasteiger partial charge in [-0.1, -0.05) is 6.07 Å². The van der Waals surface area contributed by atoms with Crippen LogP contribution in [0.3, 0.4) is 0 Å². The van der Waals surface area contributed by atoms with Crippen LogP contribution in [0.4, 0.5) is 0 Å². The second-order valence-corrected chi connectivity index (χ2v) is 4.88. The summed E-state index contributed by atoms with van der Waals surface area (Å²) in [6.07, 6.45) is 4.93. The number of rotatable bonds is 3. The molecule has 1 aliphatic heterocycles. The Kier molecular flexibility index (Phi) is 3.78. The Morgan fingerprint density at radius 2 is 2.00 bits per heavy atom. The molecule has 2 aromatic rings.